The third-order valence-corrected chi connectivity index (χ3v) is 3.31. The first-order valence-electron chi connectivity index (χ1n) is 6.17. The number of hydrogen-bond acceptors (Lipinski definition) is 5. The van der Waals surface area contributed by atoms with E-state index in [-0.39, 0.29) is 17.2 Å². The van der Waals surface area contributed by atoms with Crippen LogP contribution in [-0.2, 0) is 9.47 Å². The number of carboxylic acids is 1. The molecule has 1 saturated heterocycles. The molecule has 0 aromatic carbocycles. The lowest BCUT2D eigenvalue weighted by molar-refractivity contribution is -0.0148. The van der Waals surface area contributed by atoms with Gasteiger partial charge in [0.1, 0.15) is 11.3 Å². The zero-order chi connectivity index (χ0) is 14.6. The zero-order valence-corrected chi connectivity index (χ0v) is 11.1. The minimum atomic E-state index is -1.17. The van der Waals surface area contributed by atoms with E-state index in [2.05, 4.69) is 10.3 Å². The highest BCUT2D eigenvalue weighted by Crippen LogP contribution is 2.21. The van der Waals surface area contributed by atoms with Crippen LogP contribution in [0.5, 0.6) is 0 Å². The average Bonchev–Trinajstić information content (AvgIpc) is 2.94. The highest BCUT2D eigenvalue weighted by molar-refractivity contribution is 5.96. The monoisotopic (exact) mass is 280 g/mol. The van der Waals surface area contributed by atoms with Gasteiger partial charge in [0.2, 0.25) is 0 Å². The van der Waals surface area contributed by atoms with Crippen molar-refractivity contribution in [3.63, 3.8) is 0 Å². The number of pyridine rings is 1. The fourth-order valence-electron chi connectivity index (χ4n) is 1.99. The van der Waals surface area contributed by atoms with Crippen LogP contribution in [-0.4, -0.2) is 54.4 Å². The second-order valence-corrected chi connectivity index (χ2v) is 4.61. The summed E-state index contributed by atoms with van der Waals surface area (Å²) in [6.45, 7) is 1.34. The Kier molecular flexibility index (Phi) is 4.31. The molecule has 1 unspecified atom stereocenters. The number of hydrogen-bond donors (Lipinski definition) is 2. The molecule has 7 heteroatoms. The van der Waals surface area contributed by atoms with Crippen LogP contribution in [0.4, 0.5) is 0 Å². The molecule has 0 spiro atoms. The van der Waals surface area contributed by atoms with Gasteiger partial charge in [-0.05, 0) is 12.1 Å². The van der Waals surface area contributed by atoms with Crippen molar-refractivity contribution in [2.24, 2.45) is 0 Å². The van der Waals surface area contributed by atoms with Crippen molar-refractivity contribution in [3.05, 3.63) is 29.6 Å². The molecule has 1 aromatic heterocycles. The van der Waals surface area contributed by atoms with E-state index in [1.807, 2.05) is 0 Å². The Morgan fingerprint density at radius 2 is 2.40 bits per heavy atom. The van der Waals surface area contributed by atoms with Gasteiger partial charge in [-0.15, -0.1) is 0 Å². The standard InChI is InChI=1S/C13H16N2O5/c1-19-13(3-5-20-8-13)7-15-11(16)9-2-4-14-10(6-9)12(17)18/h2,4,6H,3,5,7-8H2,1H3,(H,15,16)(H,17,18). The van der Waals surface area contributed by atoms with Gasteiger partial charge in [-0.2, -0.15) is 0 Å². The van der Waals surface area contributed by atoms with Crippen LogP contribution in [0.15, 0.2) is 18.3 Å². The van der Waals surface area contributed by atoms with Crippen LogP contribution in [0.2, 0.25) is 0 Å². The van der Waals surface area contributed by atoms with Crippen molar-refractivity contribution in [3.8, 4) is 0 Å². The molecule has 2 rings (SSSR count). The summed E-state index contributed by atoms with van der Waals surface area (Å²) in [5.74, 6) is -1.53. The summed E-state index contributed by atoms with van der Waals surface area (Å²) in [4.78, 5) is 26.5. The van der Waals surface area contributed by atoms with Crippen molar-refractivity contribution >= 4 is 11.9 Å². The van der Waals surface area contributed by atoms with Crippen LogP contribution in [0, 0.1) is 0 Å². The Bertz CT molecular complexity index is 511. The van der Waals surface area contributed by atoms with Gasteiger partial charge < -0.3 is 19.9 Å². The molecule has 1 aliphatic rings. The fraction of sp³-hybridized carbons (Fsp3) is 0.462. The maximum atomic E-state index is 12.0. The van der Waals surface area contributed by atoms with Crippen LogP contribution >= 0.6 is 0 Å². The predicted octanol–water partition coefficient (Wildman–Crippen LogP) is 0.315. The highest BCUT2D eigenvalue weighted by atomic mass is 16.5. The number of carboxylic acid groups (broad SMARTS) is 1. The summed E-state index contributed by atoms with van der Waals surface area (Å²) in [5.41, 5.74) is -0.413. The molecular weight excluding hydrogens is 264 g/mol. The largest absolute Gasteiger partial charge is 0.477 e. The van der Waals surface area contributed by atoms with Crippen molar-refractivity contribution in [1.82, 2.24) is 10.3 Å². The first kappa shape index (κ1) is 14.4. The van der Waals surface area contributed by atoms with Crippen LogP contribution in [0.1, 0.15) is 27.3 Å². The normalized spacial score (nSPS) is 21.6. The van der Waals surface area contributed by atoms with E-state index < -0.39 is 11.6 Å². The van der Waals surface area contributed by atoms with E-state index in [0.29, 0.717) is 26.2 Å². The predicted molar refractivity (Wildman–Crippen MR) is 68.7 cm³/mol. The maximum Gasteiger partial charge on any atom is 0.354 e. The third-order valence-electron chi connectivity index (χ3n) is 3.31. The molecule has 20 heavy (non-hydrogen) atoms. The van der Waals surface area contributed by atoms with E-state index in [1.54, 1.807) is 7.11 Å². The molecule has 0 saturated carbocycles. The van der Waals surface area contributed by atoms with Gasteiger partial charge in [-0.3, -0.25) is 4.79 Å². The van der Waals surface area contributed by atoms with E-state index in [9.17, 15) is 9.59 Å². The van der Waals surface area contributed by atoms with E-state index >= 15 is 0 Å². The second kappa shape index (κ2) is 5.98. The number of ether oxygens (including phenoxy) is 2. The number of nitrogens with one attached hydrogen (secondary N) is 1. The maximum absolute atomic E-state index is 12.0. The lowest BCUT2D eigenvalue weighted by atomic mass is 10.0. The Morgan fingerprint density at radius 1 is 1.60 bits per heavy atom. The van der Waals surface area contributed by atoms with Gasteiger partial charge in [-0.1, -0.05) is 0 Å². The Balaban J connectivity index is 2.01. The Hall–Kier alpha value is -1.99. The number of carbonyl (C=O) groups is 2. The summed E-state index contributed by atoms with van der Waals surface area (Å²) in [7, 11) is 1.58. The summed E-state index contributed by atoms with van der Waals surface area (Å²) >= 11 is 0. The molecule has 2 N–H and O–H groups in total. The van der Waals surface area contributed by atoms with Crippen LogP contribution < -0.4 is 5.32 Å². The Labute approximate surface area is 115 Å². The fourth-order valence-corrected chi connectivity index (χ4v) is 1.99. The van der Waals surface area contributed by atoms with Gasteiger partial charge >= 0.3 is 5.97 Å². The van der Waals surface area contributed by atoms with Crippen molar-refractivity contribution in [1.29, 1.82) is 0 Å². The van der Waals surface area contributed by atoms with E-state index in [0.717, 1.165) is 0 Å². The molecule has 1 amide bonds. The second-order valence-electron chi connectivity index (χ2n) is 4.61. The lowest BCUT2D eigenvalue weighted by Gasteiger charge is -2.25. The molecule has 2 heterocycles. The van der Waals surface area contributed by atoms with Crippen molar-refractivity contribution < 1.29 is 24.2 Å². The minimum absolute atomic E-state index is 0.164. The van der Waals surface area contributed by atoms with Crippen molar-refractivity contribution in [2.75, 3.05) is 26.9 Å². The Morgan fingerprint density at radius 3 is 3.00 bits per heavy atom. The number of aromatic carboxylic acids is 1. The smallest absolute Gasteiger partial charge is 0.354 e. The van der Waals surface area contributed by atoms with Gasteiger partial charge in [0.15, 0.2) is 0 Å². The topological polar surface area (TPSA) is 97.8 Å². The molecule has 0 aliphatic carbocycles. The minimum Gasteiger partial charge on any atom is -0.477 e. The van der Waals surface area contributed by atoms with Gasteiger partial charge in [0.05, 0.1) is 6.61 Å². The number of aromatic nitrogens is 1. The third kappa shape index (κ3) is 3.12. The summed E-state index contributed by atoms with van der Waals surface area (Å²) in [6.07, 6.45) is 2.00. The number of rotatable bonds is 5. The molecule has 108 valence electrons. The highest BCUT2D eigenvalue weighted by Gasteiger charge is 2.35. The summed E-state index contributed by atoms with van der Waals surface area (Å²) < 4.78 is 10.7. The molecular formula is C13H16N2O5. The molecule has 7 nitrogen and oxygen atoms in total. The number of carbonyl (C=O) groups excluding carboxylic acids is 1. The first-order valence-corrected chi connectivity index (χ1v) is 6.17. The SMILES string of the molecule is COC1(CNC(=O)c2ccnc(C(=O)O)c2)CCOC1. The molecule has 0 radical (unpaired) electrons. The number of amides is 1. The van der Waals surface area contributed by atoms with E-state index in [4.69, 9.17) is 14.6 Å². The summed E-state index contributed by atoms with van der Waals surface area (Å²) in [6, 6.07) is 2.70. The van der Waals surface area contributed by atoms with Crippen molar-refractivity contribution in [2.45, 2.75) is 12.0 Å². The molecule has 1 aromatic rings. The quantitative estimate of drug-likeness (QED) is 0.806. The number of methoxy groups -OCH3 is 1. The average molecular weight is 280 g/mol. The zero-order valence-electron chi connectivity index (χ0n) is 11.1. The lowest BCUT2D eigenvalue weighted by Crippen LogP contribution is -2.45. The molecule has 1 fully saturated rings. The van der Waals surface area contributed by atoms with Gasteiger partial charge in [0, 0.05) is 38.4 Å². The van der Waals surface area contributed by atoms with Crippen LogP contribution in [0.25, 0.3) is 0 Å². The van der Waals surface area contributed by atoms with Gasteiger partial charge in [-0.25, -0.2) is 9.78 Å². The van der Waals surface area contributed by atoms with Gasteiger partial charge in [0.25, 0.3) is 5.91 Å². The molecule has 0 bridgehead atoms. The first-order chi connectivity index (χ1) is 9.56. The van der Waals surface area contributed by atoms with E-state index in [1.165, 1.54) is 18.3 Å². The molecule has 1 aliphatic heterocycles. The molecule has 1 atom stereocenters. The summed E-state index contributed by atoms with van der Waals surface area (Å²) in [5, 5.41) is 11.6. The van der Waals surface area contributed by atoms with Crippen LogP contribution in [0.3, 0.4) is 0 Å². The number of nitrogens with zero attached hydrogens (tertiary/aromatic N) is 1.